The average molecular weight is 224 g/mol. The summed E-state index contributed by atoms with van der Waals surface area (Å²) in [7, 11) is 0. The van der Waals surface area contributed by atoms with Crippen LogP contribution in [0.2, 0.25) is 0 Å². The second-order valence-electron chi connectivity index (χ2n) is 2.93. The highest BCUT2D eigenvalue weighted by molar-refractivity contribution is 5.90. The molecule has 86 valence electrons. The number of carbonyl (C=O) groups excluding carboxylic acids is 1. The molecule has 0 aliphatic carbocycles. The number of carboxylic acid groups (broad SMARTS) is 1. The third-order valence-electron chi connectivity index (χ3n) is 1.73. The van der Waals surface area contributed by atoms with Crippen LogP contribution in [0.5, 0.6) is 5.75 Å². The van der Waals surface area contributed by atoms with E-state index < -0.39 is 18.5 Å². The molecule has 0 fully saturated rings. The maximum atomic E-state index is 11.3. The van der Waals surface area contributed by atoms with Gasteiger partial charge in [0.05, 0.1) is 12.2 Å². The van der Waals surface area contributed by atoms with E-state index in [9.17, 15) is 9.59 Å². The average Bonchev–Trinajstić information content (AvgIpc) is 2.27. The number of ether oxygens (including phenoxy) is 2. The Morgan fingerprint density at radius 2 is 1.88 bits per heavy atom. The molecule has 0 radical (unpaired) electrons. The number of hydrogen-bond donors (Lipinski definition) is 1. The molecule has 0 amide bonds. The lowest BCUT2D eigenvalue weighted by Gasteiger charge is -2.04. The Morgan fingerprint density at radius 1 is 1.25 bits per heavy atom. The van der Waals surface area contributed by atoms with Gasteiger partial charge in [-0.1, -0.05) is 0 Å². The lowest BCUT2D eigenvalue weighted by molar-refractivity contribution is -0.140. The SMILES string of the molecule is CCOc1ccc(C(=O)OCC(=O)O)cc1. The molecule has 1 aromatic rings. The zero-order valence-electron chi connectivity index (χ0n) is 8.80. The van der Waals surface area contributed by atoms with Gasteiger partial charge in [0.2, 0.25) is 0 Å². The fraction of sp³-hybridized carbons (Fsp3) is 0.273. The van der Waals surface area contributed by atoms with Gasteiger partial charge in [0.15, 0.2) is 6.61 Å². The first kappa shape index (κ1) is 12.0. The topological polar surface area (TPSA) is 72.8 Å². The Kier molecular flexibility index (Phi) is 4.32. The summed E-state index contributed by atoms with van der Waals surface area (Å²) in [5.74, 6) is -1.19. The maximum absolute atomic E-state index is 11.3. The summed E-state index contributed by atoms with van der Waals surface area (Å²) in [6.45, 7) is 1.77. The van der Waals surface area contributed by atoms with Gasteiger partial charge in [0.1, 0.15) is 5.75 Å². The fourth-order valence-corrected chi connectivity index (χ4v) is 1.06. The highest BCUT2D eigenvalue weighted by Crippen LogP contribution is 2.12. The summed E-state index contributed by atoms with van der Waals surface area (Å²) in [4.78, 5) is 21.5. The Balaban J connectivity index is 2.59. The van der Waals surface area contributed by atoms with E-state index >= 15 is 0 Å². The monoisotopic (exact) mass is 224 g/mol. The van der Waals surface area contributed by atoms with Crippen LogP contribution >= 0.6 is 0 Å². The molecule has 0 unspecified atom stereocenters. The van der Waals surface area contributed by atoms with Crippen molar-refractivity contribution in [1.82, 2.24) is 0 Å². The highest BCUT2D eigenvalue weighted by atomic mass is 16.5. The van der Waals surface area contributed by atoms with E-state index in [1.165, 1.54) is 12.1 Å². The van der Waals surface area contributed by atoms with Crippen LogP contribution in [0.15, 0.2) is 24.3 Å². The van der Waals surface area contributed by atoms with Crippen molar-refractivity contribution in [2.75, 3.05) is 13.2 Å². The predicted molar refractivity (Wildman–Crippen MR) is 55.5 cm³/mol. The van der Waals surface area contributed by atoms with Crippen LogP contribution in [0.25, 0.3) is 0 Å². The molecule has 0 heterocycles. The first-order valence-corrected chi connectivity index (χ1v) is 4.75. The number of esters is 1. The van der Waals surface area contributed by atoms with Gasteiger partial charge in [-0.25, -0.2) is 9.59 Å². The van der Waals surface area contributed by atoms with Crippen molar-refractivity contribution >= 4 is 11.9 Å². The van der Waals surface area contributed by atoms with Gasteiger partial charge in [0.25, 0.3) is 0 Å². The number of carboxylic acids is 1. The smallest absolute Gasteiger partial charge is 0.341 e. The van der Waals surface area contributed by atoms with Crippen LogP contribution in [-0.4, -0.2) is 30.3 Å². The molecule has 1 N–H and O–H groups in total. The summed E-state index contributed by atoms with van der Waals surface area (Å²) < 4.78 is 9.70. The molecule has 0 bridgehead atoms. The summed E-state index contributed by atoms with van der Waals surface area (Å²) in [6.07, 6.45) is 0. The largest absolute Gasteiger partial charge is 0.494 e. The fourth-order valence-electron chi connectivity index (χ4n) is 1.06. The summed E-state index contributed by atoms with van der Waals surface area (Å²) in [5.41, 5.74) is 0.296. The number of aliphatic carboxylic acids is 1. The number of rotatable bonds is 5. The molecular weight excluding hydrogens is 212 g/mol. The third-order valence-corrected chi connectivity index (χ3v) is 1.73. The van der Waals surface area contributed by atoms with E-state index in [0.717, 1.165) is 0 Å². The van der Waals surface area contributed by atoms with Gasteiger partial charge in [-0.05, 0) is 31.2 Å². The number of carbonyl (C=O) groups is 2. The molecule has 5 heteroatoms. The van der Waals surface area contributed by atoms with Crippen LogP contribution < -0.4 is 4.74 Å². The van der Waals surface area contributed by atoms with Crippen molar-refractivity contribution in [3.8, 4) is 5.75 Å². The molecule has 0 aromatic heterocycles. The summed E-state index contributed by atoms with van der Waals surface area (Å²) in [6, 6.07) is 6.30. The van der Waals surface area contributed by atoms with Gasteiger partial charge < -0.3 is 14.6 Å². The van der Waals surface area contributed by atoms with Crippen molar-refractivity contribution in [2.24, 2.45) is 0 Å². The molecule has 0 saturated carbocycles. The van der Waals surface area contributed by atoms with E-state index in [0.29, 0.717) is 17.9 Å². The zero-order chi connectivity index (χ0) is 12.0. The lowest BCUT2D eigenvalue weighted by Crippen LogP contribution is -2.12. The minimum atomic E-state index is -1.18. The van der Waals surface area contributed by atoms with Crippen LogP contribution in [0.1, 0.15) is 17.3 Å². The van der Waals surface area contributed by atoms with E-state index in [1.54, 1.807) is 12.1 Å². The Bertz CT molecular complexity index is 368. The molecule has 0 atom stereocenters. The Hall–Kier alpha value is -2.04. The quantitative estimate of drug-likeness (QED) is 0.764. The van der Waals surface area contributed by atoms with Gasteiger partial charge in [0, 0.05) is 0 Å². The highest BCUT2D eigenvalue weighted by Gasteiger charge is 2.08. The van der Waals surface area contributed by atoms with Crippen LogP contribution in [0.3, 0.4) is 0 Å². The molecule has 5 nitrogen and oxygen atoms in total. The Labute approximate surface area is 92.6 Å². The van der Waals surface area contributed by atoms with Crippen LogP contribution in [0, 0.1) is 0 Å². The molecule has 1 aromatic carbocycles. The van der Waals surface area contributed by atoms with E-state index in [4.69, 9.17) is 9.84 Å². The van der Waals surface area contributed by atoms with Gasteiger partial charge in [-0.2, -0.15) is 0 Å². The van der Waals surface area contributed by atoms with Gasteiger partial charge in [-0.3, -0.25) is 0 Å². The minimum Gasteiger partial charge on any atom is -0.494 e. The summed E-state index contributed by atoms with van der Waals surface area (Å²) >= 11 is 0. The normalized spacial score (nSPS) is 9.56. The van der Waals surface area contributed by atoms with Crippen LogP contribution in [0.4, 0.5) is 0 Å². The lowest BCUT2D eigenvalue weighted by atomic mass is 10.2. The Morgan fingerprint density at radius 3 is 2.38 bits per heavy atom. The van der Waals surface area contributed by atoms with Gasteiger partial charge >= 0.3 is 11.9 Å². The molecule has 16 heavy (non-hydrogen) atoms. The first-order chi connectivity index (χ1) is 7.63. The molecule has 1 rings (SSSR count). The molecule has 0 aliphatic rings. The first-order valence-electron chi connectivity index (χ1n) is 4.75. The molecule has 0 spiro atoms. The van der Waals surface area contributed by atoms with Crippen molar-refractivity contribution in [1.29, 1.82) is 0 Å². The zero-order valence-corrected chi connectivity index (χ0v) is 8.80. The van der Waals surface area contributed by atoms with E-state index in [1.807, 2.05) is 6.92 Å². The van der Waals surface area contributed by atoms with Crippen LogP contribution in [-0.2, 0) is 9.53 Å². The molecule has 0 aliphatic heterocycles. The van der Waals surface area contributed by atoms with Crippen molar-refractivity contribution in [3.05, 3.63) is 29.8 Å². The third kappa shape index (κ3) is 3.61. The predicted octanol–water partition coefficient (Wildman–Crippen LogP) is 1.33. The maximum Gasteiger partial charge on any atom is 0.341 e. The molecular formula is C11H12O5. The van der Waals surface area contributed by atoms with Crippen molar-refractivity contribution < 1.29 is 24.2 Å². The number of hydrogen-bond acceptors (Lipinski definition) is 4. The standard InChI is InChI=1S/C11H12O5/c1-2-15-9-5-3-8(4-6-9)11(14)16-7-10(12)13/h3-6H,2,7H2,1H3,(H,12,13). The van der Waals surface area contributed by atoms with Gasteiger partial charge in [-0.15, -0.1) is 0 Å². The second-order valence-corrected chi connectivity index (χ2v) is 2.93. The van der Waals surface area contributed by atoms with Crippen molar-refractivity contribution in [2.45, 2.75) is 6.92 Å². The van der Waals surface area contributed by atoms with E-state index in [-0.39, 0.29) is 0 Å². The van der Waals surface area contributed by atoms with E-state index in [2.05, 4.69) is 4.74 Å². The second kappa shape index (κ2) is 5.75. The number of benzene rings is 1. The minimum absolute atomic E-state index is 0.296. The van der Waals surface area contributed by atoms with Crippen molar-refractivity contribution in [3.63, 3.8) is 0 Å². The molecule has 0 saturated heterocycles. The summed E-state index contributed by atoms with van der Waals surface area (Å²) in [5, 5.41) is 8.33.